The first-order chi connectivity index (χ1) is 13.1. The van der Waals surface area contributed by atoms with Gasteiger partial charge in [-0.3, -0.25) is 9.48 Å². The molecule has 1 N–H and O–H groups in total. The van der Waals surface area contributed by atoms with Crippen LogP contribution in [0.5, 0.6) is 5.88 Å². The van der Waals surface area contributed by atoms with E-state index >= 15 is 0 Å². The minimum atomic E-state index is -4.62. The number of pyridine rings is 1. The lowest BCUT2D eigenvalue weighted by atomic mass is 10.1. The molecule has 1 atom stereocenters. The molecule has 0 aliphatic heterocycles. The molecule has 10 heteroatoms. The number of fused-ring (bicyclic) bond motifs is 1. The van der Waals surface area contributed by atoms with Crippen molar-refractivity contribution in [3.63, 3.8) is 0 Å². The Hall–Kier alpha value is -3.04. The Morgan fingerprint density at radius 2 is 2.07 bits per heavy atom. The van der Waals surface area contributed by atoms with Crippen molar-refractivity contribution in [2.75, 3.05) is 0 Å². The molecule has 1 amide bonds. The number of nitrogens with zero attached hydrogens (tertiary/aromatic N) is 3. The summed E-state index contributed by atoms with van der Waals surface area (Å²) >= 11 is 0. The van der Waals surface area contributed by atoms with Gasteiger partial charge in [0.05, 0.1) is 23.2 Å². The van der Waals surface area contributed by atoms with E-state index in [9.17, 15) is 18.0 Å². The highest BCUT2D eigenvalue weighted by molar-refractivity contribution is 5.84. The van der Waals surface area contributed by atoms with E-state index in [0.717, 1.165) is 6.07 Å². The molecule has 3 aromatic rings. The van der Waals surface area contributed by atoms with Crippen LogP contribution in [0.3, 0.4) is 0 Å². The number of rotatable bonds is 5. The molecular weight excluding hydrogens is 377 g/mol. The molecule has 7 nitrogen and oxygen atoms in total. The molecular formula is C18H19F3N4O3. The smallest absolute Gasteiger partial charge is 0.417 e. The Bertz CT molecular complexity index is 1020. The van der Waals surface area contributed by atoms with Gasteiger partial charge in [-0.1, -0.05) is 0 Å². The Labute approximate surface area is 158 Å². The molecule has 0 aliphatic rings. The van der Waals surface area contributed by atoms with Crippen LogP contribution in [0.2, 0.25) is 0 Å². The number of hydrogen-bond donors (Lipinski definition) is 1. The summed E-state index contributed by atoms with van der Waals surface area (Å²) in [6.07, 6.45) is -5.67. The monoisotopic (exact) mass is 396 g/mol. The van der Waals surface area contributed by atoms with E-state index in [2.05, 4.69) is 15.4 Å². The lowest BCUT2D eigenvalue weighted by Crippen LogP contribution is -2.36. The fourth-order valence-corrected chi connectivity index (χ4v) is 2.84. The Morgan fingerprint density at radius 1 is 1.36 bits per heavy atom. The number of alkyl halides is 3. The van der Waals surface area contributed by atoms with Crippen molar-refractivity contribution in [2.45, 2.75) is 39.6 Å². The Kier molecular flexibility index (Phi) is 5.05. The van der Waals surface area contributed by atoms with Gasteiger partial charge >= 0.3 is 6.18 Å². The van der Waals surface area contributed by atoms with E-state index in [0.29, 0.717) is 11.5 Å². The van der Waals surface area contributed by atoms with Crippen LogP contribution in [-0.2, 0) is 24.6 Å². The average Bonchev–Trinajstić information content (AvgIpc) is 3.14. The fourth-order valence-electron chi connectivity index (χ4n) is 2.84. The summed E-state index contributed by atoms with van der Waals surface area (Å²) < 4.78 is 52.4. The highest BCUT2D eigenvalue weighted by Gasteiger charge is 2.36. The van der Waals surface area contributed by atoms with Crippen molar-refractivity contribution in [1.82, 2.24) is 20.1 Å². The number of ether oxygens (including phenoxy) is 1. The van der Waals surface area contributed by atoms with E-state index in [-0.39, 0.29) is 29.2 Å². The Morgan fingerprint density at radius 3 is 2.68 bits per heavy atom. The Balaban J connectivity index is 1.81. The molecule has 3 aromatic heterocycles. The largest absolute Gasteiger partial charge is 0.465 e. The van der Waals surface area contributed by atoms with Gasteiger partial charge in [-0.05, 0) is 32.9 Å². The summed E-state index contributed by atoms with van der Waals surface area (Å²) in [7, 11) is 1.49. The van der Waals surface area contributed by atoms with Gasteiger partial charge in [0.2, 0.25) is 5.88 Å². The van der Waals surface area contributed by atoms with Gasteiger partial charge in [-0.2, -0.15) is 23.3 Å². The summed E-state index contributed by atoms with van der Waals surface area (Å²) in [4.78, 5) is 16.3. The van der Waals surface area contributed by atoms with Crippen LogP contribution in [0.25, 0.3) is 11.0 Å². The normalized spacial score (nSPS) is 13.0. The number of carbonyl (C=O) groups is 1. The van der Waals surface area contributed by atoms with Crippen LogP contribution in [-0.4, -0.2) is 26.8 Å². The third-order valence-electron chi connectivity index (χ3n) is 4.15. The molecule has 3 rings (SSSR count). The van der Waals surface area contributed by atoms with Crippen molar-refractivity contribution in [2.24, 2.45) is 7.05 Å². The first kappa shape index (κ1) is 19.7. The van der Waals surface area contributed by atoms with Gasteiger partial charge in [0.1, 0.15) is 11.5 Å². The molecule has 0 spiro atoms. The first-order valence-electron chi connectivity index (χ1n) is 8.47. The molecule has 0 saturated heterocycles. The summed E-state index contributed by atoms with van der Waals surface area (Å²) in [5.41, 5.74) is -0.666. The number of furan rings is 1. The zero-order valence-corrected chi connectivity index (χ0v) is 15.7. The number of hydrogen-bond acceptors (Lipinski definition) is 5. The van der Waals surface area contributed by atoms with Gasteiger partial charge in [0.15, 0.2) is 11.8 Å². The van der Waals surface area contributed by atoms with Crippen LogP contribution in [0.15, 0.2) is 22.6 Å². The predicted octanol–water partition coefficient (Wildman–Crippen LogP) is 3.28. The molecule has 0 bridgehead atoms. The van der Waals surface area contributed by atoms with Crippen molar-refractivity contribution in [3.8, 4) is 5.88 Å². The quantitative estimate of drug-likeness (QED) is 0.716. The van der Waals surface area contributed by atoms with E-state index < -0.39 is 23.8 Å². The maximum atomic E-state index is 13.5. The van der Waals surface area contributed by atoms with Crippen LogP contribution >= 0.6 is 0 Å². The molecule has 0 fully saturated rings. The van der Waals surface area contributed by atoms with Crippen LogP contribution < -0.4 is 10.1 Å². The van der Waals surface area contributed by atoms with Crippen LogP contribution in [0.1, 0.15) is 29.7 Å². The van der Waals surface area contributed by atoms with Crippen molar-refractivity contribution in [3.05, 3.63) is 41.0 Å². The van der Waals surface area contributed by atoms with Gasteiger partial charge in [-0.15, -0.1) is 0 Å². The SMILES string of the molecule is Cc1ccc(CNC(=O)[C@@H](C)Oc2cc(C(F)(F)F)c3c(C)nn(C)c3n2)o1. The summed E-state index contributed by atoms with van der Waals surface area (Å²) in [5.74, 6) is 0.449. The molecule has 0 saturated carbocycles. The van der Waals surface area contributed by atoms with Crippen molar-refractivity contribution >= 4 is 16.9 Å². The molecule has 0 aromatic carbocycles. The number of carbonyl (C=O) groups excluding carboxylic acids is 1. The molecule has 3 heterocycles. The molecule has 28 heavy (non-hydrogen) atoms. The molecule has 150 valence electrons. The minimum Gasteiger partial charge on any atom is -0.465 e. The van der Waals surface area contributed by atoms with Crippen molar-refractivity contribution < 1.29 is 27.1 Å². The molecule has 0 radical (unpaired) electrons. The van der Waals surface area contributed by atoms with E-state index in [1.54, 1.807) is 19.1 Å². The van der Waals surface area contributed by atoms with E-state index in [4.69, 9.17) is 9.15 Å². The highest BCUT2D eigenvalue weighted by atomic mass is 19.4. The number of halogens is 3. The zero-order valence-electron chi connectivity index (χ0n) is 15.7. The second-order valence-corrected chi connectivity index (χ2v) is 6.40. The zero-order chi connectivity index (χ0) is 20.6. The maximum absolute atomic E-state index is 13.5. The number of aromatic nitrogens is 3. The van der Waals surface area contributed by atoms with E-state index in [1.807, 2.05) is 0 Å². The average molecular weight is 396 g/mol. The predicted molar refractivity (Wildman–Crippen MR) is 93.6 cm³/mol. The fraction of sp³-hybridized carbons (Fsp3) is 0.389. The maximum Gasteiger partial charge on any atom is 0.417 e. The number of aryl methyl sites for hydroxylation is 3. The summed E-state index contributed by atoms with van der Waals surface area (Å²) in [5, 5.41) is 6.51. The third-order valence-corrected chi connectivity index (χ3v) is 4.15. The second kappa shape index (κ2) is 7.17. The van der Waals surface area contributed by atoms with Gasteiger partial charge in [0, 0.05) is 13.1 Å². The number of nitrogens with one attached hydrogen (secondary N) is 1. The first-order valence-corrected chi connectivity index (χ1v) is 8.47. The molecule has 0 aliphatic carbocycles. The standard InChI is InChI=1S/C18H19F3N4O3/c1-9-5-6-12(27-9)8-22-17(26)11(3)28-14-7-13(18(19,20)21)15-10(2)24-25(4)16(15)23-14/h5-7,11H,8H2,1-4H3,(H,22,26)/t11-/m1/s1. The minimum absolute atomic E-state index is 0.0287. The van der Waals surface area contributed by atoms with Crippen LogP contribution in [0.4, 0.5) is 13.2 Å². The van der Waals surface area contributed by atoms with Crippen molar-refractivity contribution in [1.29, 1.82) is 0 Å². The van der Waals surface area contributed by atoms with Gasteiger partial charge in [-0.25, -0.2) is 0 Å². The highest BCUT2D eigenvalue weighted by Crippen LogP contribution is 2.37. The van der Waals surface area contributed by atoms with Gasteiger partial charge in [0.25, 0.3) is 5.91 Å². The van der Waals surface area contributed by atoms with Gasteiger partial charge < -0.3 is 14.5 Å². The molecule has 0 unspecified atom stereocenters. The van der Waals surface area contributed by atoms with E-state index in [1.165, 1.54) is 25.6 Å². The third kappa shape index (κ3) is 3.95. The topological polar surface area (TPSA) is 82.2 Å². The summed E-state index contributed by atoms with van der Waals surface area (Å²) in [6, 6.07) is 4.27. The summed E-state index contributed by atoms with van der Waals surface area (Å²) in [6.45, 7) is 4.82. The van der Waals surface area contributed by atoms with Crippen LogP contribution in [0, 0.1) is 13.8 Å². The lowest BCUT2D eigenvalue weighted by molar-refractivity contribution is -0.136. The second-order valence-electron chi connectivity index (χ2n) is 6.40. The lowest BCUT2D eigenvalue weighted by Gasteiger charge is -2.16. The number of amides is 1.